The molecule has 0 N–H and O–H groups in total. The van der Waals surface area contributed by atoms with E-state index < -0.39 is 23.1 Å². The number of halogens is 4. The Morgan fingerprint density at radius 2 is 1.77 bits per heavy atom. The zero-order valence-electron chi connectivity index (χ0n) is 16.5. The highest BCUT2D eigenvalue weighted by atomic mass is 19.4. The summed E-state index contributed by atoms with van der Waals surface area (Å²) in [5, 5.41) is 0.461. The van der Waals surface area contributed by atoms with Crippen LogP contribution in [0.3, 0.4) is 0 Å². The fourth-order valence-corrected chi connectivity index (χ4v) is 3.92. The second kappa shape index (κ2) is 7.07. The number of pyridine rings is 1. The highest BCUT2D eigenvalue weighted by Crippen LogP contribution is 2.46. The van der Waals surface area contributed by atoms with Crippen LogP contribution in [-0.2, 0) is 11.2 Å². The van der Waals surface area contributed by atoms with Crippen molar-refractivity contribution in [2.24, 2.45) is 4.99 Å². The minimum absolute atomic E-state index is 0.141. The van der Waals surface area contributed by atoms with Crippen LogP contribution in [-0.4, -0.2) is 28.2 Å². The molecule has 1 atom stereocenters. The standard InChI is InChI=1S/C23H20F4N2O/c1-21(2)14-22(23(25,26)27,12-15-7-4-3-5-8-15)29-20(30-21)17-11-16-9-6-10-18(24)19(16)28-13-17/h3-11,13H,12,14H2,1-2H3. The van der Waals surface area contributed by atoms with Crippen molar-refractivity contribution in [1.82, 2.24) is 4.98 Å². The average Bonchev–Trinajstić information content (AvgIpc) is 2.66. The molecule has 1 unspecified atom stereocenters. The predicted octanol–water partition coefficient (Wildman–Crippen LogP) is 5.86. The first kappa shape index (κ1) is 20.3. The molecule has 0 amide bonds. The van der Waals surface area contributed by atoms with Crippen molar-refractivity contribution in [1.29, 1.82) is 0 Å². The van der Waals surface area contributed by atoms with Gasteiger partial charge < -0.3 is 4.74 Å². The Morgan fingerprint density at radius 3 is 2.47 bits per heavy atom. The first-order chi connectivity index (χ1) is 14.1. The Labute approximate surface area is 171 Å². The van der Waals surface area contributed by atoms with Gasteiger partial charge in [0.15, 0.2) is 5.54 Å². The second-order valence-electron chi connectivity index (χ2n) is 8.18. The van der Waals surface area contributed by atoms with Gasteiger partial charge in [0.25, 0.3) is 0 Å². The number of ether oxygens (including phenoxy) is 1. The summed E-state index contributed by atoms with van der Waals surface area (Å²) in [5.41, 5.74) is -2.50. The summed E-state index contributed by atoms with van der Waals surface area (Å²) in [5.74, 6) is -0.641. The Kier molecular flexibility index (Phi) is 4.79. The van der Waals surface area contributed by atoms with Crippen molar-refractivity contribution >= 4 is 16.8 Å². The third-order valence-corrected chi connectivity index (χ3v) is 5.18. The van der Waals surface area contributed by atoms with Crippen LogP contribution in [0.4, 0.5) is 17.6 Å². The third kappa shape index (κ3) is 3.76. The molecule has 1 aliphatic rings. The van der Waals surface area contributed by atoms with Crippen LogP contribution in [0.15, 0.2) is 65.8 Å². The van der Waals surface area contributed by atoms with E-state index >= 15 is 0 Å². The van der Waals surface area contributed by atoms with Gasteiger partial charge in [-0.25, -0.2) is 9.38 Å². The van der Waals surface area contributed by atoms with E-state index in [0.29, 0.717) is 10.9 Å². The van der Waals surface area contributed by atoms with Crippen LogP contribution in [0, 0.1) is 5.82 Å². The van der Waals surface area contributed by atoms with E-state index in [1.165, 1.54) is 18.3 Å². The number of aromatic nitrogens is 1. The van der Waals surface area contributed by atoms with Gasteiger partial charge in [-0.15, -0.1) is 0 Å². The van der Waals surface area contributed by atoms with Gasteiger partial charge in [-0.2, -0.15) is 13.2 Å². The van der Waals surface area contributed by atoms with Crippen molar-refractivity contribution in [2.75, 3.05) is 0 Å². The van der Waals surface area contributed by atoms with Gasteiger partial charge in [0, 0.05) is 24.4 Å². The van der Waals surface area contributed by atoms with Gasteiger partial charge in [0.05, 0.1) is 5.56 Å². The van der Waals surface area contributed by atoms with E-state index in [2.05, 4.69) is 9.98 Å². The molecular weight excluding hydrogens is 396 g/mol. The van der Waals surface area contributed by atoms with E-state index in [-0.39, 0.29) is 29.8 Å². The maximum Gasteiger partial charge on any atom is 0.414 e. The summed E-state index contributed by atoms with van der Waals surface area (Å²) < 4.78 is 63.0. The molecular formula is C23H20F4N2O. The lowest BCUT2D eigenvalue weighted by molar-refractivity contribution is -0.202. The van der Waals surface area contributed by atoms with Gasteiger partial charge in [-0.3, -0.25) is 4.98 Å². The SMILES string of the molecule is CC1(C)CC(Cc2ccccc2)(C(F)(F)F)N=C(c2cnc3c(F)cccc3c2)O1. The Balaban J connectivity index is 1.86. The Hall–Kier alpha value is -2.96. The van der Waals surface area contributed by atoms with Crippen LogP contribution in [0.1, 0.15) is 31.4 Å². The summed E-state index contributed by atoms with van der Waals surface area (Å²) in [7, 11) is 0. The molecule has 0 radical (unpaired) electrons. The summed E-state index contributed by atoms with van der Waals surface area (Å²) >= 11 is 0. The molecule has 0 saturated carbocycles. The molecule has 2 aromatic carbocycles. The molecule has 3 nitrogen and oxygen atoms in total. The first-order valence-corrected chi connectivity index (χ1v) is 9.53. The number of aliphatic imine (C=N–C) groups is 1. The summed E-state index contributed by atoms with van der Waals surface area (Å²) in [6.07, 6.45) is -3.92. The van der Waals surface area contributed by atoms with E-state index in [1.807, 2.05) is 0 Å². The summed E-state index contributed by atoms with van der Waals surface area (Å²) in [4.78, 5) is 8.19. The van der Waals surface area contributed by atoms with E-state index in [4.69, 9.17) is 4.74 Å². The van der Waals surface area contributed by atoms with Gasteiger partial charge in [-0.05, 0) is 31.5 Å². The van der Waals surface area contributed by atoms with E-state index in [9.17, 15) is 17.6 Å². The molecule has 2 heterocycles. The summed E-state index contributed by atoms with van der Waals surface area (Å²) in [6.45, 7) is 3.22. The number of para-hydroxylation sites is 1. The molecule has 156 valence electrons. The number of hydrogen-bond donors (Lipinski definition) is 0. The van der Waals surface area contributed by atoms with Crippen molar-refractivity contribution in [3.63, 3.8) is 0 Å². The molecule has 0 fully saturated rings. The molecule has 0 aliphatic carbocycles. The quantitative estimate of drug-likeness (QED) is 0.501. The van der Waals surface area contributed by atoms with E-state index in [1.54, 1.807) is 56.3 Å². The van der Waals surface area contributed by atoms with E-state index in [0.717, 1.165) is 0 Å². The smallest absolute Gasteiger partial charge is 0.414 e. The number of hydrogen-bond acceptors (Lipinski definition) is 3. The molecule has 30 heavy (non-hydrogen) atoms. The minimum atomic E-state index is -4.59. The fraction of sp³-hybridized carbons (Fsp3) is 0.304. The average molecular weight is 416 g/mol. The highest BCUT2D eigenvalue weighted by Gasteiger charge is 2.59. The van der Waals surface area contributed by atoms with Crippen LogP contribution >= 0.6 is 0 Å². The number of alkyl halides is 3. The molecule has 4 rings (SSSR count). The Morgan fingerprint density at radius 1 is 1.03 bits per heavy atom. The van der Waals surface area contributed by atoms with Crippen LogP contribution in [0.2, 0.25) is 0 Å². The number of rotatable bonds is 3. The zero-order chi connectivity index (χ0) is 21.6. The Bertz CT molecular complexity index is 1110. The van der Waals surface area contributed by atoms with Crippen LogP contribution in [0.5, 0.6) is 0 Å². The van der Waals surface area contributed by atoms with Crippen LogP contribution in [0.25, 0.3) is 10.9 Å². The molecule has 3 aromatic rings. The number of nitrogens with zero attached hydrogens (tertiary/aromatic N) is 2. The maximum absolute atomic E-state index is 14.4. The molecule has 0 bridgehead atoms. The predicted molar refractivity (Wildman–Crippen MR) is 107 cm³/mol. The van der Waals surface area contributed by atoms with Gasteiger partial charge in [0.1, 0.15) is 16.9 Å². The minimum Gasteiger partial charge on any atom is -0.471 e. The molecule has 1 aliphatic heterocycles. The zero-order valence-corrected chi connectivity index (χ0v) is 16.5. The summed E-state index contributed by atoms with van der Waals surface area (Å²) in [6, 6.07) is 14.5. The lowest BCUT2D eigenvalue weighted by Crippen LogP contribution is -2.55. The van der Waals surface area contributed by atoms with Crippen LogP contribution < -0.4 is 0 Å². The molecule has 0 saturated heterocycles. The van der Waals surface area contributed by atoms with Crippen molar-refractivity contribution in [3.05, 3.63) is 77.7 Å². The fourth-order valence-electron chi connectivity index (χ4n) is 3.92. The van der Waals surface area contributed by atoms with Crippen molar-refractivity contribution < 1.29 is 22.3 Å². The molecule has 0 spiro atoms. The highest BCUT2D eigenvalue weighted by molar-refractivity contribution is 5.98. The maximum atomic E-state index is 14.4. The van der Waals surface area contributed by atoms with Gasteiger partial charge >= 0.3 is 6.18 Å². The first-order valence-electron chi connectivity index (χ1n) is 9.53. The van der Waals surface area contributed by atoms with Crippen molar-refractivity contribution in [3.8, 4) is 0 Å². The topological polar surface area (TPSA) is 34.5 Å². The lowest BCUT2D eigenvalue weighted by atomic mass is 9.80. The largest absolute Gasteiger partial charge is 0.471 e. The monoisotopic (exact) mass is 416 g/mol. The normalized spacial score (nSPS) is 21.2. The lowest BCUT2D eigenvalue weighted by Gasteiger charge is -2.43. The molecule has 7 heteroatoms. The number of benzene rings is 2. The number of fused-ring (bicyclic) bond motifs is 1. The second-order valence-corrected chi connectivity index (χ2v) is 8.18. The third-order valence-electron chi connectivity index (χ3n) is 5.18. The van der Waals surface area contributed by atoms with Crippen molar-refractivity contribution in [2.45, 2.75) is 44.0 Å². The van der Waals surface area contributed by atoms with Gasteiger partial charge in [-0.1, -0.05) is 42.5 Å². The van der Waals surface area contributed by atoms with Gasteiger partial charge in [0.2, 0.25) is 5.90 Å². The molecule has 1 aromatic heterocycles.